The van der Waals surface area contributed by atoms with Crippen LogP contribution in [0.2, 0.25) is 0 Å². The van der Waals surface area contributed by atoms with Crippen molar-refractivity contribution in [2.75, 3.05) is 19.8 Å². The van der Waals surface area contributed by atoms with E-state index in [0.717, 1.165) is 38.5 Å². The summed E-state index contributed by atoms with van der Waals surface area (Å²) < 4.78 is 36.2. The molecule has 0 aromatic heterocycles. The molecule has 0 fully saturated rings. The average Bonchev–Trinajstić information content (AvgIpc) is 2.53. The lowest BCUT2D eigenvalue weighted by molar-refractivity contribution is -0.247. The van der Waals surface area contributed by atoms with E-state index < -0.39 is 32.5 Å². The first-order valence-electron chi connectivity index (χ1n) is 10.9. The molecule has 0 bridgehead atoms. The molecule has 0 unspecified atom stereocenters. The van der Waals surface area contributed by atoms with Crippen molar-refractivity contribution in [3.05, 3.63) is 0 Å². The Labute approximate surface area is 178 Å². The number of hydrogen-bond donors (Lipinski definition) is 0. The van der Waals surface area contributed by atoms with Crippen LogP contribution in [0.5, 0.6) is 0 Å². The third-order valence-electron chi connectivity index (χ3n) is 3.98. The van der Waals surface area contributed by atoms with Crippen molar-refractivity contribution in [3.8, 4) is 0 Å². The summed E-state index contributed by atoms with van der Waals surface area (Å²) in [4.78, 5) is 0. The van der Waals surface area contributed by atoms with Crippen molar-refractivity contribution in [3.63, 3.8) is 0 Å². The first-order valence-corrected chi connectivity index (χ1v) is 12.3. The molecule has 168 valence electrons. The number of ether oxygens (including phenoxy) is 3. The smallest absolute Gasteiger partial charge is 0.428 e. The van der Waals surface area contributed by atoms with Crippen molar-refractivity contribution in [1.82, 2.24) is 0 Å². The van der Waals surface area contributed by atoms with E-state index in [1.807, 2.05) is 41.5 Å². The van der Waals surface area contributed by atoms with E-state index in [9.17, 15) is 0 Å². The Bertz CT molecular complexity index is 330. The van der Waals surface area contributed by atoms with Crippen LogP contribution in [0.4, 0.5) is 0 Å². The lowest BCUT2D eigenvalue weighted by Crippen LogP contribution is -2.49. The molecule has 28 heavy (non-hydrogen) atoms. The minimum absolute atomic E-state index is 0.636. The average molecular weight is 421 g/mol. The van der Waals surface area contributed by atoms with E-state index in [2.05, 4.69) is 20.8 Å². The van der Waals surface area contributed by atoms with Gasteiger partial charge in [0.15, 0.2) is 0 Å². The van der Waals surface area contributed by atoms with Gasteiger partial charge in [0.1, 0.15) is 17.4 Å². The monoisotopic (exact) mass is 420 g/mol. The first kappa shape index (κ1) is 28.3. The SMILES string of the molecule is CCCCOC(C)(C)[O][Al]([O]C(C)(C)OCCCC)[O]C(C)(C)OCCCC. The summed E-state index contributed by atoms with van der Waals surface area (Å²) in [5, 5.41) is 0. The predicted octanol–water partition coefficient (Wildman–Crippen LogP) is 5.68. The summed E-state index contributed by atoms with van der Waals surface area (Å²) in [6.07, 6.45) is 6.16. The van der Waals surface area contributed by atoms with Gasteiger partial charge in [-0.3, -0.25) is 0 Å². The molecule has 0 radical (unpaired) electrons. The van der Waals surface area contributed by atoms with Gasteiger partial charge < -0.3 is 25.6 Å². The second-order valence-corrected chi connectivity index (χ2v) is 9.73. The van der Waals surface area contributed by atoms with E-state index in [1.54, 1.807) is 0 Å². The van der Waals surface area contributed by atoms with E-state index in [4.69, 9.17) is 25.6 Å². The second-order valence-electron chi connectivity index (χ2n) is 8.45. The zero-order chi connectivity index (χ0) is 21.7. The Hall–Kier alpha value is 0.292. The van der Waals surface area contributed by atoms with E-state index >= 15 is 0 Å². The summed E-state index contributed by atoms with van der Waals surface area (Å²) in [5.41, 5.74) is 0. The van der Waals surface area contributed by atoms with Crippen LogP contribution in [0.1, 0.15) is 101 Å². The molecule has 0 aliphatic heterocycles. The van der Waals surface area contributed by atoms with Crippen LogP contribution >= 0.6 is 0 Å². The molecule has 0 aromatic carbocycles. The lowest BCUT2D eigenvalue weighted by Gasteiger charge is -2.36. The van der Waals surface area contributed by atoms with Crippen molar-refractivity contribution in [2.45, 2.75) is 118 Å². The molecule has 0 atom stereocenters. The molecule has 0 saturated heterocycles. The number of rotatable bonds is 18. The summed E-state index contributed by atoms with van der Waals surface area (Å²) in [6, 6.07) is 0. The molecule has 7 heteroatoms. The Balaban J connectivity index is 5.03. The van der Waals surface area contributed by atoms with Crippen LogP contribution in [0.15, 0.2) is 0 Å². The van der Waals surface area contributed by atoms with Crippen molar-refractivity contribution < 1.29 is 25.6 Å². The highest BCUT2D eigenvalue weighted by Gasteiger charge is 2.47. The minimum atomic E-state index is -2.64. The minimum Gasteiger partial charge on any atom is -0.428 e. The summed E-state index contributed by atoms with van der Waals surface area (Å²) in [6.45, 7) is 19.7. The summed E-state index contributed by atoms with van der Waals surface area (Å²) in [5.74, 6) is -2.40. The molecule has 6 nitrogen and oxygen atoms in total. The van der Waals surface area contributed by atoms with Gasteiger partial charge in [-0.15, -0.1) is 0 Å². The zero-order valence-electron chi connectivity index (χ0n) is 19.9. The largest absolute Gasteiger partial charge is 0.911 e. The van der Waals surface area contributed by atoms with Crippen LogP contribution in [-0.4, -0.2) is 52.3 Å². The van der Waals surface area contributed by atoms with Crippen molar-refractivity contribution >= 4 is 15.1 Å². The van der Waals surface area contributed by atoms with Gasteiger partial charge in [0.2, 0.25) is 0 Å². The molecule has 0 saturated carbocycles. The van der Waals surface area contributed by atoms with Gasteiger partial charge in [-0.25, -0.2) is 0 Å². The van der Waals surface area contributed by atoms with Gasteiger partial charge in [-0.05, 0) is 60.8 Å². The van der Waals surface area contributed by atoms with Gasteiger partial charge in [0.25, 0.3) is 0 Å². The lowest BCUT2D eigenvalue weighted by atomic mass is 10.3. The van der Waals surface area contributed by atoms with Gasteiger partial charge in [0.05, 0.1) is 0 Å². The molecular formula is C21H45AlO6. The fourth-order valence-corrected chi connectivity index (χ4v) is 4.00. The van der Waals surface area contributed by atoms with Gasteiger partial charge in [0, 0.05) is 19.8 Å². The predicted molar refractivity (Wildman–Crippen MR) is 114 cm³/mol. The van der Waals surface area contributed by atoms with Crippen molar-refractivity contribution in [1.29, 1.82) is 0 Å². The van der Waals surface area contributed by atoms with Gasteiger partial charge in [-0.1, -0.05) is 40.0 Å². The molecule has 0 N–H and O–H groups in total. The molecular weight excluding hydrogens is 375 g/mol. The van der Waals surface area contributed by atoms with E-state index in [1.165, 1.54) is 0 Å². The van der Waals surface area contributed by atoms with E-state index in [-0.39, 0.29) is 0 Å². The Morgan fingerprint density at radius 3 is 0.964 bits per heavy atom. The number of hydrogen-bond acceptors (Lipinski definition) is 6. The normalized spacial score (nSPS) is 13.2. The fourth-order valence-electron chi connectivity index (χ4n) is 2.26. The quantitative estimate of drug-likeness (QED) is 0.162. The number of unbranched alkanes of at least 4 members (excludes halogenated alkanes) is 3. The zero-order valence-corrected chi connectivity index (χ0v) is 21.0. The highest BCUT2D eigenvalue weighted by Crippen LogP contribution is 2.24. The Morgan fingerprint density at radius 2 is 0.750 bits per heavy atom. The first-order chi connectivity index (χ1) is 13.0. The maximum absolute atomic E-state index is 6.18. The molecule has 0 aromatic rings. The van der Waals surface area contributed by atoms with Crippen LogP contribution < -0.4 is 0 Å². The third kappa shape index (κ3) is 15.2. The Kier molecular flexibility index (Phi) is 14.5. The topological polar surface area (TPSA) is 55.4 Å². The fraction of sp³-hybridized carbons (Fsp3) is 1.00. The summed E-state index contributed by atoms with van der Waals surface area (Å²) >= 11 is -2.64. The summed E-state index contributed by atoms with van der Waals surface area (Å²) in [7, 11) is 0. The van der Waals surface area contributed by atoms with Crippen LogP contribution in [-0.2, 0) is 25.6 Å². The molecule has 0 spiro atoms. The van der Waals surface area contributed by atoms with Gasteiger partial charge >= 0.3 is 15.1 Å². The van der Waals surface area contributed by atoms with E-state index in [0.29, 0.717) is 19.8 Å². The molecule has 0 rings (SSSR count). The molecule has 0 heterocycles. The van der Waals surface area contributed by atoms with Crippen LogP contribution in [0.25, 0.3) is 0 Å². The van der Waals surface area contributed by atoms with Crippen LogP contribution in [0.3, 0.4) is 0 Å². The second kappa shape index (κ2) is 14.3. The third-order valence-corrected chi connectivity index (χ3v) is 6.26. The molecule has 0 aliphatic carbocycles. The highest BCUT2D eigenvalue weighted by molar-refractivity contribution is 6.36. The van der Waals surface area contributed by atoms with Gasteiger partial charge in [-0.2, -0.15) is 0 Å². The maximum Gasteiger partial charge on any atom is 0.911 e. The molecule has 0 amide bonds. The van der Waals surface area contributed by atoms with Crippen molar-refractivity contribution in [2.24, 2.45) is 0 Å². The maximum atomic E-state index is 6.18. The molecule has 0 aliphatic rings. The van der Waals surface area contributed by atoms with Crippen LogP contribution in [0, 0.1) is 0 Å². The standard InChI is InChI=1S/3C7H15O2.Al/c3*1-4-5-6-9-7(2,3)8;/h3*4-6H2,1-3H3;/q3*-1;+3. The highest BCUT2D eigenvalue weighted by atomic mass is 27.3. The Morgan fingerprint density at radius 1 is 0.500 bits per heavy atom.